The van der Waals surface area contributed by atoms with E-state index in [1.807, 2.05) is 11.3 Å². The quantitative estimate of drug-likeness (QED) is 0.611. The maximum Gasteiger partial charge on any atom is 0.0711 e. The molecule has 0 spiro atoms. The van der Waals surface area contributed by atoms with Gasteiger partial charge in [0.2, 0.25) is 0 Å². The molecule has 2 heterocycles. The van der Waals surface area contributed by atoms with Gasteiger partial charge < -0.3 is 0 Å². The van der Waals surface area contributed by atoms with Crippen LogP contribution in [-0.4, -0.2) is 0 Å². The number of rotatable bonds is 1. The van der Waals surface area contributed by atoms with Crippen molar-refractivity contribution in [3.05, 3.63) is 56.6 Å². The number of allylic oxidation sites excluding steroid dienone is 3. The predicted molar refractivity (Wildman–Crippen MR) is 96.6 cm³/mol. The van der Waals surface area contributed by atoms with E-state index in [4.69, 9.17) is 0 Å². The van der Waals surface area contributed by atoms with E-state index in [0.29, 0.717) is 0 Å². The Hall–Kier alpha value is -0.420. The summed E-state index contributed by atoms with van der Waals surface area (Å²) in [6, 6.07) is 4.45. The zero-order chi connectivity index (χ0) is 13.9. The molecule has 0 fully saturated rings. The summed E-state index contributed by atoms with van der Waals surface area (Å²) in [6.45, 7) is 2.24. The van der Waals surface area contributed by atoms with Gasteiger partial charge in [0.25, 0.3) is 0 Å². The molecule has 0 nitrogen and oxygen atoms in total. The molecule has 4 rings (SSSR count). The molecule has 100 valence electrons. The molecular formula is C16H10Br2S2. The Kier molecular flexibility index (Phi) is 3.18. The molecule has 0 saturated heterocycles. The first kappa shape index (κ1) is 13.3. The zero-order valence-electron chi connectivity index (χ0n) is 10.7. The molecule has 0 amide bonds. The van der Waals surface area contributed by atoms with E-state index < -0.39 is 0 Å². The van der Waals surface area contributed by atoms with E-state index in [-0.39, 0.29) is 0 Å². The van der Waals surface area contributed by atoms with Gasteiger partial charge in [-0.25, -0.2) is 0 Å². The molecule has 4 heteroatoms. The summed E-state index contributed by atoms with van der Waals surface area (Å²) in [6.07, 6.45) is 8.02. The van der Waals surface area contributed by atoms with Gasteiger partial charge in [0.1, 0.15) is 0 Å². The van der Waals surface area contributed by atoms with E-state index in [0.717, 1.165) is 6.42 Å². The van der Waals surface area contributed by atoms with Crippen molar-refractivity contribution in [2.75, 3.05) is 0 Å². The molecule has 2 aliphatic rings. The van der Waals surface area contributed by atoms with Gasteiger partial charge in [-0.05, 0) is 103 Å². The van der Waals surface area contributed by atoms with Crippen LogP contribution in [0.2, 0.25) is 0 Å². The maximum absolute atomic E-state index is 3.56. The largest absolute Gasteiger partial charge is 0.129 e. The molecule has 2 aliphatic carbocycles. The molecule has 2 aromatic heterocycles. The first-order valence-corrected chi connectivity index (χ1v) is 9.51. The number of hydrogen-bond donors (Lipinski definition) is 0. The van der Waals surface area contributed by atoms with Crippen molar-refractivity contribution in [2.45, 2.75) is 13.3 Å². The second-order valence-electron chi connectivity index (χ2n) is 5.03. The Morgan fingerprint density at radius 2 is 1.85 bits per heavy atom. The van der Waals surface area contributed by atoms with Gasteiger partial charge in [0.05, 0.1) is 7.57 Å². The van der Waals surface area contributed by atoms with Gasteiger partial charge in [-0.1, -0.05) is 0 Å². The van der Waals surface area contributed by atoms with Crippen LogP contribution < -0.4 is 9.75 Å². The molecule has 0 saturated carbocycles. The van der Waals surface area contributed by atoms with Crippen LogP contribution in [0.1, 0.15) is 17.4 Å². The minimum atomic E-state index is 1.06. The van der Waals surface area contributed by atoms with Gasteiger partial charge in [-0.3, -0.25) is 0 Å². The highest BCUT2D eigenvalue weighted by Crippen LogP contribution is 2.38. The van der Waals surface area contributed by atoms with Crippen LogP contribution in [0.4, 0.5) is 0 Å². The van der Waals surface area contributed by atoms with Gasteiger partial charge in [0.15, 0.2) is 0 Å². The fourth-order valence-corrected chi connectivity index (χ4v) is 5.95. The van der Waals surface area contributed by atoms with Crippen molar-refractivity contribution in [1.82, 2.24) is 0 Å². The van der Waals surface area contributed by atoms with Gasteiger partial charge in [-0.15, -0.1) is 22.7 Å². The first-order valence-electron chi connectivity index (χ1n) is 6.29. The summed E-state index contributed by atoms with van der Waals surface area (Å²) in [5.74, 6) is 0. The van der Waals surface area contributed by atoms with Gasteiger partial charge in [0, 0.05) is 9.41 Å². The number of halogens is 2. The van der Waals surface area contributed by atoms with E-state index in [9.17, 15) is 0 Å². The molecule has 0 bridgehead atoms. The van der Waals surface area contributed by atoms with Crippen LogP contribution in [-0.2, 0) is 6.42 Å². The second-order valence-corrected chi connectivity index (χ2v) is 9.95. The first-order chi connectivity index (χ1) is 9.60. The fraction of sp³-hybridized carbons (Fsp3) is 0.125. The van der Waals surface area contributed by atoms with Crippen LogP contribution in [0, 0.1) is 0 Å². The standard InChI is InChI=1S/C16H10Br2S2/c1-8(9-2-11-6-15(17)19-13(11)4-9)10-3-12-7-16(18)20-14(12)5-10/h2,4-7H,3H2,1H3/b9-8+. The summed E-state index contributed by atoms with van der Waals surface area (Å²) in [5.41, 5.74) is 5.67. The SMILES string of the molecule is C/C(C1=Cc2sc(Br)cc2C1)=C1/C=c2cc(Br)sc2=C1. The van der Waals surface area contributed by atoms with Crippen molar-refractivity contribution < 1.29 is 0 Å². The smallest absolute Gasteiger partial charge is 0.0711 e. The topological polar surface area (TPSA) is 0 Å². The van der Waals surface area contributed by atoms with Crippen molar-refractivity contribution >= 4 is 72.8 Å². The molecule has 0 atom stereocenters. The minimum Gasteiger partial charge on any atom is -0.129 e. The third-order valence-corrected chi connectivity index (χ3v) is 7.00. The van der Waals surface area contributed by atoms with Crippen LogP contribution >= 0.6 is 54.5 Å². The third-order valence-electron chi connectivity index (χ3n) is 3.77. The molecule has 0 aromatic carbocycles. The van der Waals surface area contributed by atoms with Crippen LogP contribution in [0.5, 0.6) is 0 Å². The lowest BCUT2D eigenvalue weighted by Gasteiger charge is -2.04. The predicted octanol–water partition coefficient (Wildman–Crippen LogP) is 4.87. The Bertz CT molecular complexity index is 871. The monoisotopic (exact) mass is 424 g/mol. The lowest BCUT2D eigenvalue weighted by atomic mass is 10.0. The highest BCUT2D eigenvalue weighted by Gasteiger charge is 2.18. The lowest BCUT2D eigenvalue weighted by Crippen LogP contribution is -2.11. The Labute approximate surface area is 142 Å². The molecule has 20 heavy (non-hydrogen) atoms. The average molecular weight is 426 g/mol. The summed E-state index contributed by atoms with van der Waals surface area (Å²) in [4.78, 5) is 1.40. The summed E-state index contributed by atoms with van der Waals surface area (Å²) < 4.78 is 3.80. The molecule has 0 aliphatic heterocycles. The highest BCUT2D eigenvalue weighted by atomic mass is 79.9. The molecule has 0 unspecified atom stereocenters. The summed E-state index contributed by atoms with van der Waals surface area (Å²) in [7, 11) is 0. The van der Waals surface area contributed by atoms with E-state index in [1.165, 1.54) is 44.5 Å². The zero-order valence-corrected chi connectivity index (χ0v) is 15.5. The molecule has 0 radical (unpaired) electrons. The second kappa shape index (κ2) is 4.80. The lowest BCUT2D eigenvalue weighted by molar-refractivity contribution is 1.20. The summed E-state index contributed by atoms with van der Waals surface area (Å²) >= 11 is 10.7. The van der Waals surface area contributed by atoms with Crippen LogP contribution in [0.15, 0.2) is 36.4 Å². The maximum atomic E-state index is 3.56. The van der Waals surface area contributed by atoms with Crippen molar-refractivity contribution in [1.29, 1.82) is 0 Å². The number of fused-ring (bicyclic) bond motifs is 2. The van der Waals surface area contributed by atoms with E-state index >= 15 is 0 Å². The minimum absolute atomic E-state index is 1.06. The van der Waals surface area contributed by atoms with Crippen molar-refractivity contribution in [2.24, 2.45) is 0 Å². The van der Waals surface area contributed by atoms with Crippen molar-refractivity contribution in [3.63, 3.8) is 0 Å². The van der Waals surface area contributed by atoms with Crippen LogP contribution in [0.3, 0.4) is 0 Å². The number of hydrogen-bond acceptors (Lipinski definition) is 2. The van der Waals surface area contributed by atoms with Crippen molar-refractivity contribution in [3.8, 4) is 0 Å². The molecule has 0 N–H and O–H groups in total. The van der Waals surface area contributed by atoms with E-state index in [2.05, 4.69) is 69.1 Å². The fourth-order valence-electron chi connectivity index (χ4n) is 2.69. The van der Waals surface area contributed by atoms with E-state index in [1.54, 1.807) is 11.3 Å². The Morgan fingerprint density at radius 1 is 1.05 bits per heavy atom. The molecule has 2 aromatic rings. The Morgan fingerprint density at radius 3 is 2.60 bits per heavy atom. The number of thiophene rings is 2. The normalized spacial score (nSPS) is 18.2. The van der Waals surface area contributed by atoms with Crippen LogP contribution in [0.25, 0.3) is 18.2 Å². The molecular weight excluding hydrogens is 416 g/mol. The summed E-state index contributed by atoms with van der Waals surface area (Å²) in [5, 5.41) is 1.34. The van der Waals surface area contributed by atoms with Gasteiger partial charge >= 0.3 is 0 Å². The highest BCUT2D eigenvalue weighted by molar-refractivity contribution is 9.11. The third kappa shape index (κ3) is 2.13. The Balaban J connectivity index is 1.76. The van der Waals surface area contributed by atoms with Gasteiger partial charge in [-0.2, -0.15) is 0 Å². The average Bonchev–Trinajstić information content (AvgIpc) is 3.05.